The zero-order valence-corrected chi connectivity index (χ0v) is 13.0. The summed E-state index contributed by atoms with van der Waals surface area (Å²) in [7, 11) is 4.13. The van der Waals surface area contributed by atoms with Crippen LogP contribution in [-0.4, -0.2) is 55.1 Å². The Kier molecular flexibility index (Phi) is 6.87. The van der Waals surface area contributed by atoms with Gasteiger partial charge in [0.15, 0.2) is 5.82 Å². The monoisotopic (exact) mass is 285 g/mol. The molecule has 1 aromatic rings. The van der Waals surface area contributed by atoms with Gasteiger partial charge in [-0.3, -0.25) is 0 Å². The fraction of sp³-hybridized carbons (Fsp3) is 0.692. The number of likely N-dealkylation sites (N-methyl/N-ethyl adjacent to an activating group) is 1. The lowest BCUT2D eigenvalue weighted by Gasteiger charge is -2.25. The van der Waals surface area contributed by atoms with Gasteiger partial charge in [-0.1, -0.05) is 18.5 Å². The third-order valence-electron chi connectivity index (χ3n) is 2.67. The van der Waals surface area contributed by atoms with Crippen molar-refractivity contribution in [3.63, 3.8) is 0 Å². The number of hydrogen-bond acceptors (Lipinski definition) is 5. The Bertz CT molecular complexity index is 383. The Morgan fingerprint density at radius 2 is 1.95 bits per heavy atom. The van der Waals surface area contributed by atoms with Gasteiger partial charge < -0.3 is 15.1 Å². The van der Waals surface area contributed by atoms with E-state index >= 15 is 0 Å². The highest BCUT2D eigenvalue weighted by Gasteiger charge is 2.13. The third kappa shape index (κ3) is 5.20. The van der Waals surface area contributed by atoms with Crippen LogP contribution in [0.1, 0.15) is 20.3 Å². The zero-order chi connectivity index (χ0) is 14.3. The zero-order valence-electron chi connectivity index (χ0n) is 12.3. The Balaban J connectivity index is 2.89. The molecule has 0 aliphatic carbocycles. The summed E-state index contributed by atoms with van der Waals surface area (Å²) in [5, 5.41) is 3.72. The number of hydrogen-bond donors (Lipinski definition) is 1. The Labute approximate surface area is 121 Å². The molecule has 1 rings (SSSR count). The maximum absolute atomic E-state index is 6.23. The maximum atomic E-state index is 6.23. The summed E-state index contributed by atoms with van der Waals surface area (Å²) in [4.78, 5) is 13.1. The van der Waals surface area contributed by atoms with E-state index in [2.05, 4.69) is 46.1 Å². The lowest BCUT2D eigenvalue weighted by atomic mass is 10.3. The van der Waals surface area contributed by atoms with Gasteiger partial charge in [0.1, 0.15) is 5.02 Å². The fourth-order valence-electron chi connectivity index (χ4n) is 1.74. The molecule has 0 aromatic carbocycles. The molecular formula is C13H24ClN5. The van der Waals surface area contributed by atoms with E-state index in [-0.39, 0.29) is 0 Å². The lowest BCUT2D eigenvalue weighted by Crippen LogP contribution is -2.33. The van der Waals surface area contributed by atoms with Crippen LogP contribution in [0.15, 0.2) is 6.20 Å². The van der Waals surface area contributed by atoms with E-state index in [4.69, 9.17) is 11.6 Å². The molecule has 0 aliphatic rings. The molecule has 5 nitrogen and oxygen atoms in total. The molecule has 1 N–H and O–H groups in total. The summed E-state index contributed by atoms with van der Waals surface area (Å²) in [5.74, 6) is 1.45. The molecule has 1 heterocycles. The summed E-state index contributed by atoms with van der Waals surface area (Å²) in [6, 6.07) is 0. The molecule has 0 fully saturated rings. The van der Waals surface area contributed by atoms with Crippen molar-refractivity contribution in [1.29, 1.82) is 0 Å². The maximum Gasteiger partial charge on any atom is 0.224 e. The molecule has 19 heavy (non-hydrogen) atoms. The minimum Gasteiger partial charge on any atom is -0.354 e. The molecule has 0 aliphatic heterocycles. The fourth-order valence-corrected chi connectivity index (χ4v) is 1.95. The second-order valence-electron chi connectivity index (χ2n) is 4.69. The van der Waals surface area contributed by atoms with E-state index in [0.717, 1.165) is 38.4 Å². The first kappa shape index (κ1) is 16.0. The average Bonchev–Trinajstić information content (AvgIpc) is 2.37. The minimum atomic E-state index is 0.605. The summed E-state index contributed by atoms with van der Waals surface area (Å²) < 4.78 is 0. The largest absolute Gasteiger partial charge is 0.354 e. The highest BCUT2D eigenvalue weighted by Crippen LogP contribution is 2.23. The molecule has 0 bridgehead atoms. The lowest BCUT2D eigenvalue weighted by molar-refractivity contribution is 0.412. The Morgan fingerprint density at radius 3 is 2.53 bits per heavy atom. The van der Waals surface area contributed by atoms with Crippen LogP contribution in [0.25, 0.3) is 0 Å². The van der Waals surface area contributed by atoms with Gasteiger partial charge in [-0.15, -0.1) is 0 Å². The van der Waals surface area contributed by atoms with Gasteiger partial charge in [-0.05, 0) is 27.4 Å². The van der Waals surface area contributed by atoms with E-state index in [0.29, 0.717) is 11.0 Å². The molecule has 0 atom stereocenters. The molecular weight excluding hydrogens is 262 g/mol. The normalized spacial score (nSPS) is 10.8. The van der Waals surface area contributed by atoms with E-state index < -0.39 is 0 Å². The molecule has 0 spiro atoms. The topological polar surface area (TPSA) is 44.3 Å². The third-order valence-corrected chi connectivity index (χ3v) is 2.94. The van der Waals surface area contributed by atoms with Gasteiger partial charge in [0, 0.05) is 26.2 Å². The van der Waals surface area contributed by atoms with E-state index in [9.17, 15) is 0 Å². The molecule has 0 radical (unpaired) electrons. The van der Waals surface area contributed by atoms with Gasteiger partial charge in [0.05, 0.1) is 6.20 Å². The van der Waals surface area contributed by atoms with E-state index in [1.807, 2.05) is 6.92 Å². The molecule has 1 aromatic heterocycles. The van der Waals surface area contributed by atoms with Crippen molar-refractivity contribution in [2.24, 2.45) is 0 Å². The van der Waals surface area contributed by atoms with Crippen LogP contribution in [0.4, 0.5) is 11.8 Å². The van der Waals surface area contributed by atoms with E-state index in [1.165, 1.54) is 0 Å². The Morgan fingerprint density at radius 1 is 1.21 bits per heavy atom. The number of halogens is 1. The minimum absolute atomic E-state index is 0.605. The predicted molar refractivity (Wildman–Crippen MR) is 82.3 cm³/mol. The van der Waals surface area contributed by atoms with Crippen LogP contribution < -0.4 is 10.2 Å². The SMILES string of the molecule is CCCN(CCN(C)C)c1nc(NCC)ncc1Cl. The summed E-state index contributed by atoms with van der Waals surface area (Å²) in [6.45, 7) is 7.79. The quantitative estimate of drug-likeness (QED) is 0.794. The number of anilines is 2. The van der Waals surface area contributed by atoms with Crippen molar-refractivity contribution < 1.29 is 0 Å². The van der Waals surface area contributed by atoms with Crippen molar-refractivity contribution in [1.82, 2.24) is 14.9 Å². The van der Waals surface area contributed by atoms with Gasteiger partial charge >= 0.3 is 0 Å². The molecule has 0 saturated heterocycles. The summed E-state index contributed by atoms with van der Waals surface area (Å²) >= 11 is 6.23. The first-order valence-electron chi connectivity index (χ1n) is 6.74. The van der Waals surface area contributed by atoms with Crippen LogP contribution in [0.3, 0.4) is 0 Å². The number of rotatable bonds is 8. The Hall–Kier alpha value is -1.07. The highest BCUT2D eigenvalue weighted by atomic mass is 35.5. The molecule has 0 unspecified atom stereocenters. The van der Waals surface area contributed by atoms with Crippen LogP contribution in [0.5, 0.6) is 0 Å². The van der Waals surface area contributed by atoms with Crippen LogP contribution >= 0.6 is 11.6 Å². The molecule has 0 amide bonds. The van der Waals surface area contributed by atoms with Gasteiger partial charge in [-0.25, -0.2) is 4.98 Å². The first-order valence-corrected chi connectivity index (χ1v) is 7.12. The van der Waals surface area contributed by atoms with Crippen molar-refractivity contribution in [3.05, 3.63) is 11.2 Å². The summed E-state index contributed by atoms with van der Waals surface area (Å²) in [6.07, 6.45) is 2.73. The second kappa shape index (κ2) is 8.17. The standard InChI is InChI=1S/C13H24ClN5/c1-5-7-19(9-8-18(3)4)12-11(14)10-16-13(17-12)15-6-2/h10H,5-9H2,1-4H3,(H,15,16,17). The number of aromatic nitrogens is 2. The van der Waals surface area contributed by atoms with Crippen LogP contribution in [-0.2, 0) is 0 Å². The number of nitrogens with one attached hydrogen (secondary N) is 1. The van der Waals surface area contributed by atoms with Crippen LogP contribution in [0, 0.1) is 0 Å². The second-order valence-corrected chi connectivity index (χ2v) is 5.09. The highest BCUT2D eigenvalue weighted by molar-refractivity contribution is 6.32. The van der Waals surface area contributed by atoms with Crippen LogP contribution in [0.2, 0.25) is 5.02 Å². The van der Waals surface area contributed by atoms with E-state index in [1.54, 1.807) is 6.20 Å². The first-order chi connectivity index (χ1) is 9.08. The van der Waals surface area contributed by atoms with Gasteiger partial charge in [0.2, 0.25) is 5.95 Å². The average molecular weight is 286 g/mol. The predicted octanol–water partition coefficient (Wildman–Crippen LogP) is 2.34. The molecule has 108 valence electrons. The van der Waals surface area contributed by atoms with Gasteiger partial charge in [0.25, 0.3) is 0 Å². The molecule has 6 heteroatoms. The van der Waals surface area contributed by atoms with Crippen molar-refractivity contribution in [2.75, 3.05) is 50.5 Å². The van der Waals surface area contributed by atoms with Crippen molar-refractivity contribution in [3.8, 4) is 0 Å². The van der Waals surface area contributed by atoms with Gasteiger partial charge in [-0.2, -0.15) is 4.98 Å². The summed E-state index contributed by atoms with van der Waals surface area (Å²) in [5.41, 5.74) is 0. The smallest absolute Gasteiger partial charge is 0.224 e. The van der Waals surface area contributed by atoms with Crippen molar-refractivity contribution >= 4 is 23.4 Å². The van der Waals surface area contributed by atoms with Crippen molar-refractivity contribution in [2.45, 2.75) is 20.3 Å². The number of nitrogens with zero attached hydrogens (tertiary/aromatic N) is 4. The molecule has 0 saturated carbocycles.